The normalized spacial score (nSPS) is 11.3. The van der Waals surface area contributed by atoms with E-state index in [1.165, 1.54) is 102 Å². The second-order valence-corrected chi connectivity index (χ2v) is 12.6. The first kappa shape index (κ1) is 34.3. The Balaban J connectivity index is 1.54. The minimum absolute atomic E-state index is 0.000868. The number of carbonyl (C=O) groups excluding carboxylic acids is 2. The molecule has 2 aromatic carbocycles. The molecule has 0 aliphatic carbocycles. The summed E-state index contributed by atoms with van der Waals surface area (Å²) in [7, 11) is -4.02. The van der Waals surface area contributed by atoms with Crippen molar-refractivity contribution in [1.82, 2.24) is 4.72 Å². The van der Waals surface area contributed by atoms with E-state index >= 15 is 0 Å². The van der Waals surface area contributed by atoms with Crippen molar-refractivity contribution in [2.24, 2.45) is 0 Å². The van der Waals surface area contributed by atoms with Crippen LogP contribution in [0.4, 0.5) is 10.5 Å². The number of esters is 1. The molecule has 2 rings (SSSR count). The molecule has 2 N–H and O–H groups in total. The Morgan fingerprint density at radius 1 is 0.707 bits per heavy atom. The van der Waals surface area contributed by atoms with E-state index in [1.807, 2.05) is 4.72 Å². The highest BCUT2D eigenvalue weighted by Gasteiger charge is 2.18. The Morgan fingerprint density at radius 2 is 1.24 bits per heavy atom. The Labute approximate surface area is 247 Å². The monoisotopic (exact) mass is 586 g/mol. The van der Waals surface area contributed by atoms with Crippen molar-refractivity contribution in [3.8, 4) is 0 Å². The summed E-state index contributed by atoms with van der Waals surface area (Å²) in [5, 5.41) is 2.47. The number of unbranched alkanes of at least 4 members (excludes halogenated alkanes) is 15. The van der Waals surface area contributed by atoms with Gasteiger partial charge in [0.2, 0.25) is 0 Å². The summed E-state index contributed by atoms with van der Waals surface area (Å²) in [5.41, 5.74) is 1.35. The van der Waals surface area contributed by atoms with Crippen molar-refractivity contribution in [2.45, 2.75) is 121 Å². The van der Waals surface area contributed by atoms with Crippen molar-refractivity contribution in [3.63, 3.8) is 0 Å². The number of nitrogens with one attached hydrogen (secondary N) is 2. The summed E-state index contributed by atoms with van der Waals surface area (Å²) < 4.78 is 32.3. The first-order valence-electron chi connectivity index (χ1n) is 15.5. The highest BCUT2D eigenvalue weighted by atomic mass is 32.2. The molecule has 2 amide bonds. The summed E-state index contributed by atoms with van der Waals surface area (Å²) in [6.45, 7) is 4.38. The second-order valence-electron chi connectivity index (χ2n) is 10.9. The highest BCUT2D eigenvalue weighted by molar-refractivity contribution is 7.90. The van der Waals surface area contributed by atoms with Crippen LogP contribution in [0.3, 0.4) is 0 Å². The number of sulfonamides is 1. The highest BCUT2D eigenvalue weighted by Crippen LogP contribution is 2.16. The zero-order chi connectivity index (χ0) is 29.8. The van der Waals surface area contributed by atoms with Crippen LogP contribution < -0.4 is 10.0 Å². The summed E-state index contributed by atoms with van der Waals surface area (Å²) in [5.74, 6) is -0.470. The van der Waals surface area contributed by atoms with Gasteiger partial charge >= 0.3 is 12.0 Å². The van der Waals surface area contributed by atoms with E-state index in [0.29, 0.717) is 17.9 Å². The Kier molecular flexibility index (Phi) is 16.8. The molecule has 228 valence electrons. The molecule has 41 heavy (non-hydrogen) atoms. The third-order valence-electron chi connectivity index (χ3n) is 7.11. The number of ether oxygens (including phenoxy) is 1. The van der Waals surface area contributed by atoms with Gasteiger partial charge in [-0.25, -0.2) is 22.7 Å². The van der Waals surface area contributed by atoms with Crippen molar-refractivity contribution in [1.29, 1.82) is 0 Å². The fourth-order valence-electron chi connectivity index (χ4n) is 4.74. The van der Waals surface area contributed by atoms with Gasteiger partial charge in [0.25, 0.3) is 10.0 Å². The molecular weight excluding hydrogens is 536 g/mol. The maximum Gasteiger partial charge on any atom is 0.338 e. The van der Waals surface area contributed by atoms with E-state index in [4.69, 9.17) is 4.74 Å². The van der Waals surface area contributed by atoms with Crippen LogP contribution in [0, 0.1) is 6.92 Å². The van der Waals surface area contributed by atoms with E-state index in [1.54, 1.807) is 37.3 Å². The minimum atomic E-state index is -4.02. The van der Waals surface area contributed by atoms with Gasteiger partial charge in [0.15, 0.2) is 0 Å². The van der Waals surface area contributed by atoms with E-state index in [9.17, 15) is 18.0 Å². The van der Waals surface area contributed by atoms with Gasteiger partial charge in [-0.1, -0.05) is 121 Å². The van der Waals surface area contributed by atoms with Crippen LogP contribution in [0.15, 0.2) is 53.4 Å². The van der Waals surface area contributed by atoms with Crippen molar-refractivity contribution in [2.75, 3.05) is 11.9 Å². The van der Waals surface area contributed by atoms with Crippen LogP contribution in [-0.4, -0.2) is 27.0 Å². The molecule has 0 unspecified atom stereocenters. The largest absolute Gasteiger partial charge is 0.462 e. The third kappa shape index (κ3) is 15.1. The fourth-order valence-corrected chi connectivity index (χ4v) is 5.75. The Morgan fingerprint density at radius 3 is 1.80 bits per heavy atom. The number of hydrogen-bond donors (Lipinski definition) is 2. The molecule has 0 aromatic heterocycles. The maximum atomic E-state index is 12.4. The molecule has 0 aliphatic rings. The summed E-state index contributed by atoms with van der Waals surface area (Å²) in [6.07, 6.45) is 20.6. The van der Waals surface area contributed by atoms with Gasteiger partial charge in [-0.15, -0.1) is 0 Å². The van der Waals surface area contributed by atoms with Gasteiger partial charge in [-0.2, -0.15) is 0 Å². The summed E-state index contributed by atoms with van der Waals surface area (Å²) in [4.78, 5) is 24.7. The van der Waals surface area contributed by atoms with Crippen molar-refractivity contribution in [3.05, 3.63) is 59.7 Å². The Hall–Kier alpha value is -2.87. The molecule has 0 heterocycles. The van der Waals surface area contributed by atoms with Gasteiger partial charge < -0.3 is 10.1 Å². The molecule has 0 atom stereocenters. The lowest BCUT2D eigenvalue weighted by Crippen LogP contribution is -2.34. The minimum Gasteiger partial charge on any atom is -0.462 e. The predicted molar refractivity (Wildman–Crippen MR) is 167 cm³/mol. The third-order valence-corrected chi connectivity index (χ3v) is 8.44. The van der Waals surface area contributed by atoms with Crippen LogP contribution in [0.2, 0.25) is 0 Å². The van der Waals surface area contributed by atoms with Crippen LogP contribution >= 0.6 is 0 Å². The number of aryl methyl sites for hydroxylation is 1. The molecule has 0 saturated heterocycles. The van der Waals surface area contributed by atoms with Gasteiger partial charge in [0, 0.05) is 5.69 Å². The quantitative estimate of drug-likeness (QED) is 0.112. The number of anilines is 1. The summed E-state index contributed by atoms with van der Waals surface area (Å²) in [6, 6.07) is 11.6. The first-order valence-corrected chi connectivity index (χ1v) is 17.0. The number of carbonyl (C=O) groups is 2. The molecule has 2 aromatic rings. The SMILES string of the molecule is CCCCCCCCCCCCCCCCCCOC(=O)c1cccc(NC(=O)NS(=O)(=O)c2cccc(C)c2)c1. The maximum absolute atomic E-state index is 12.4. The molecule has 0 radical (unpaired) electrons. The first-order chi connectivity index (χ1) is 19.8. The van der Waals surface area contributed by atoms with Gasteiger partial charge in [-0.3, -0.25) is 0 Å². The van der Waals surface area contributed by atoms with Crippen molar-refractivity contribution >= 4 is 27.7 Å². The number of rotatable bonds is 21. The molecule has 0 bridgehead atoms. The standard InChI is InChI=1S/C33H50N2O5S/c1-3-4-5-6-7-8-9-10-11-12-13-14-15-16-17-18-25-40-32(36)29-22-20-23-30(27-29)34-33(37)35-41(38,39)31-24-19-21-28(2)26-31/h19-24,26-27H,3-18,25H2,1-2H3,(H2,34,35,37). The lowest BCUT2D eigenvalue weighted by molar-refractivity contribution is 0.0497. The average molecular weight is 587 g/mol. The molecule has 0 aliphatic heterocycles. The number of amides is 2. The molecule has 0 saturated carbocycles. The second kappa shape index (κ2) is 20.1. The fraction of sp³-hybridized carbons (Fsp3) is 0.576. The molecule has 0 fully saturated rings. The van der Waals surface area contributed by atoms with E-state index in [0.717, 1.165) is 24.8 Å². The number of urea groups is 1. The predicted octanol–water partition coefficient (Wildman–Crippen LogP) is 8.92. The smallest absolute Gasteiger partial charge is 0.338 e. The Bertz CT molecular complexity index is 1150. The van der Waals surface area contributed by atoms with Crippen LogP contribution in [0.1, 0.15) is 126 Å². The van der Waals surface area contributed by atoms with Gasteiger partial charge in [-0.05, 0) is 49.2 Å². The van der Waals surface area contributed by atoms with E-state index in [-0.39, 0.29) is 4.90 Å². The molecule has 0 spiro atoms. The lowest BCUT2D eigenvalue weighted by Gasteiger charge is -2.10. The molecular formula is C33H50N2O5S. The van der Waals surface area contributed by atoms with Gasteiger partial charge in [0.1, 0.15) is 0 Å². The number of hydrogen-bond acceptors (Lipinski definition) is 5. The zero-order valence-electron chi connectivity index (χ0n) is 25.1. The van der Waals surface area contributed by atoms with Crippen LogP contribution in [0.5, 0.6) is 0 Å². The lowest BCUT2D eigenvalue weighted by atomic mass is 10.0. The van der Waals surface area contributed by atoms with E-state index < -0.39 is 22.0 Å². The van der Waals surface area contributed by atoms with Crippen molar-refractivity contribution < 1.29 is 22.7 Å². The average Bonchev–Trinajstić information content (AvgIpc) is 2.94. The van der Waals surface area contributed by atoms with Crippen LogP contribution in [0.25, 0.3) is 0 Å². The number of benzene rings is 2. The summed E-state index contributed by atoms with van der Waals surface area (Å²) >= 11 is 0. The van der Waals surface area contributed by atoms with E-state index in [2.05, 4.69) is 12.2 Å². The zero-order valence-corrected chi connectivity index (χ0v) is 25.9. The molecule has 8 heteroatoms. The van der Waals surface area contributed by atoms with Gasteiger partial charge in [0.05, 0.1) is 17.1 Å². The topological polar surface area (TPSA) is 102 Å². The van der Waals surface area contributed by atoms with Crippen LogP contribution in [-0.2, 0) is 14.8 Å². The molecule has 7 nitrogen and oxygen atoms in total.